The molecule has 2 atom stereocenters. The van der Waals surface area contributed by atoms with Gasteiger partial charge in [-0.3, -0.25) is 4.79 Å². The first-order chi connectivity index (χ1) is 6.59. The highest BCUT2D eigenvalue weighted by molar-refractivity contribution is 5.68. The standard InChI is InChI=1S/C10H13NO3/c1-5-3-8-10(6(2)11-14-8)7(5)4-9(12)13/h5,7H,3-4H2,1-2H3,(H,12,13). The van der Waals surface area contributed by atoms with E-state index >= 15 is 0 Å². The molecule has 1 N–H and O–H groups in total. The average Bonchev–Trinajstić information content (AvgIpc) is 2.56. The van der Waals surface area contributed by atoms with Crippen LogP contribution in [0.25, 0.3) is 0 Å². The lowest BCUT2D eigenvalue weighted by molar-refractivity contribution is -0.137. The zero-order valence-electron chi connectivity index (χ0n) is 8.28. The van der Waals surface area contributed by atoms with Gasteiger partial charge in [0.2, 0.25) is 0 Å². The van der Waals surface area contributed by atoms with Crippen molar-refractivity contribution in [2.45, 2.75) is 32.6 Å². The molecular weight excluding hydrogens is 182 g/mol. The Morgan fingerprint density at radius 1 is 1.71 bits per heavy atom. The van der Waals surface area contributed by atoms with E-state index in [9.17, 15) is 4.79 Å². The molecule has 0 fully saturated rings. The van der Waals surface area contributed by atoms with Gasteiger partial charge in [0.25, 0.3) is 0 Å². The van der Waals surface area contributed by atoms with Crippen LogP contribution < -0.4 is 0 Å². The summed E-state index contributed by atoms with van der Waals surface area (Å²) in [6.07, 6.45) is 0.990. The average molecular weight is 195 g/mol. The van der Waals surface area contributed by atoms with Crippen LogP contribution in [-0.2, 0) is 11.2 Å². The molecule has 0 bridgehead atoms. The summed E-state index contributed by atoms with van der Waals surface area (Å²) in [5.74, 6) is 0.548. The Morgan fingerprint density at radius 2 is 2.43 bits per heavy atom. The van der Waals surface area contributed by atoms with E-state index in [1.165, 1.54) is 0 Å². The Bertz CT molecular complexity index is 369. The summed E-state index contributed by atoms with van der Waals surface area (Å²) in [6, 6.07) is 0. The molecule has 0 amide bonds. The SMILES string of the molecule is Cc1noc2c1C(CC(=O)O)C(C)C2. The predicted octanol–water partition coefficient (Wildman–Crippen LogP) is 1.73. The van der Waals surface area contributed by atoms with Crippen molar-refractivity contribution < 1.29 is 14.4 Å². The second-order valence-electron chi connectivity index (χ2n) is 3.99. The van der Waals surface area contributed by atoms with E-state index in [-0.39, 0.29) is 12.3 Å². The predicted molar refractivity (Wildman–Crippen MR) is 49.1 cm³/mol. The van der Waals surface area contributed by atoms with Crippen LogP contribution in [0.3, 0.4) is 0 Å². The van der Waals surface area contributed by atoms with Crippen molar-refractivity contribution in [3.63, 3.8) is 0 Å². The second kappa shape index (κ2) is 3.12. The number of carboxylic acids is 1. The molecule has 0 radical (unpaired) electrons. The molecule has 1 aliphatic carbocycles. The largest absolute Gasteiger partial charge is 0.481 e. The Balaban J connectivity index is 2.32. The van der Waals surface area contributed by atoms with Crippen LogP contribution in [0.5, 0.6) is 0 Å². The summed E-state index contributed by atoms with van der Waals surface area (Å²) in [7, 11) is 0. The van der Waals surface area contributed by atoms with Crippen molar-refractivity contribution in [1.29, 1.82) is 0 Å². The Morgan fingerprint density at radius 3 is 3.07 bits per heavy atom. The lowest BCUT2D eigenvalue weighted by Gasteiger charge is -2.13. The minimum absolute atomic E-state index is 0.0775. The summed E-state index contributed by atoms with van der Waals surface area (Å²) < 4.78 is 5.15. The Labute approximate surface area is 81.9 Å². The minimum Gasteiger partial charge on any atom is -0.481 e. The molecule has 76 valence electrons. The fourth-order valence-corrected chi connectivity index (χ4v) is 2.26. The van der Waals surface area contributed by atoms with E-state index in [1.807, 2.05) is 6.92 Å². The van der Waals surface area contributed by atoms with Gasteiger partial charge in [0, 0.05) is 17.9 Å². The van der Waals surface area contributed by atoms with Gasteiger partial charge >= 0.3 is 5.97 Å². The zero-order chi connectivity index (χ0) is 10.3. The molecule has 1 aromatic rings. The molecule has 14 heavy (non-hydrogen) atoms. The molecule has 2 unspecified atom stereocenters. The fraction of sp³-hybridized carbons (Fsp3) is 0.600. The number of aryl methyl sites for hydroxylation is 1. The molecule has 4 nitrogen and oxygen atoms in total. The van der Waals surface area contributed by atoms with Crippen molar-refractivity contribution in [3.8, 4) is 0 Å². The van der Waals surface area contributed by atoms with Gasteiger partial charge in [0.05, 0.1) is 12.1 Å². The van der Waals surface area contributed by atoms with Crippen LogP contribution in [-0.4, -0.2) is 16.2 Å². The first-order valence-electron chi connectivity index (χ1n) is 4.76. The normalized spacial score (nSPS) is 25.0. The number of nitrogens with zero attached hydrogens (tertiary/aromatic N) is 1. The van der Waals surface area contributed by atoms with Crippen LogP contribution in [0.2, 0.25) is 0 Å². The third kappa shape index (κ3) is 1.31. The second-order valence-corrected chi connectivity index (χ2v) is 3.99. The first-order valence-corrected chi connectivity index (χ1v) is 4.76. The molecule has 0 aromatic carbocycles. The quantitative estimate of drug-likeness (QED) is 0.780. The number of hydrogen-bond acceptors (Lipinski definition) is 3. The maximum absolute atomic E-state index is 10.7. The molecule has 1 aliphatic rings. The van der Waals surface area contributed by atoms with Crippen molar-refractivity contribution in [3.05, 3.63) is 17.0 Å². The summed E-state index contributed by atoms with van der Waals surface area (Å²) in [6.45, 7) is 3.93. The number of fused-ring (bicyclic) bond motifs is 1. The number of carbonyl (C=O) groups is 1. The Hall–Kier alpha value is -1.32. The molecule has 0 saturated carbocycles. The van der Waals surface area contributed by atoms with Gasteiger partial charge in [-0.05, 0) is 12.8 Å². The van der Waals surface area contributed by atoms with Crippen LogP contribution in [0, 0.1) is 12.8 Å². The van der Waals surface area contributed by atoms with Gasteiger partial charge in [-0.1, -0.05) is 12.1 Å². The topological polar surface area (TPSA) is 63.3 Å². The van der Waals surface area contributed by atoms with Crippen molar-refractivity contribution >= 4 is 5.97 Å². The molecule has 4 heteroatoms. The van der Waals surface area contributed by atoms with Gasteiger partial charge in [-0.25, -0.2) is 0 Å². The minimum atomic E-state index is -0.754. The smallest absolute Gasteiger partial charge is 0.303 e. The van der Waals surface area contributed by atoms with E-state index in [0.29, 0.717) is 5.92 Å². The molecule has 0 saturated heterocycles. The van der Waals surface area contributed by atoms with Gasteiger partial charge in [0.15, 0.2) is 0 Å². The lowest BCUT2D eigenvalue weighted by atomic mass is 9.90. The molecule has 1 aromatic heterocycles. The van der Waals surface area contributed by atoms with Gasteiger partial charge in [0.1, 0.15) is 5.76 Å². The van der Waals surface area contributed by atoms with E-state index in [2.05, 4.69) is 12.1 Å². The van der Waals surface area contributed by atoms with Crippen LogP contribution in [0.4, 0.5) is 0 Å². The van der Waals surface area contributed by atoms with Gasteiger partial charge < -0.3 is 9.63 Å². The molecule has 1 heterocycles. The van der Waals surface area contributed by atoms with E-state index in [4.69, 9.17) is 9.63 Å². The number of aromatic nitrogens is 1. The zero-order valence-corrected chi connectivity index (χ0v) is 8.28. The Kier molecular flexibility index (Phi) is 2.06. The van der Waals surface area contributed by atoms with E-state index < -0.39 is 5.97 Å². The summed E-state index contributed by atoms with van der Waals surface area (Å²) in [5.41, 5.74) is 1.87. The number of hydrogen-bond donors (Lipinski definition) is 1. The van der Waals surface area contributed by atoms with Crippen molar-refractivity contribution in [2.75, 3.05) is 0 Å². The number of rotatable bonds is 2. The van der Waals surface area contributed by atoms with Gasteiger partial charge in [-0.2, -0.15) is 0 Å². The van der Waals surface area contributed by atoms with Crippen molar-refractivity contribution in [2.24, 2.45) is 5.92 Å². The molecule has 0 spiro atoms. The van der Waals surface area contributed by atoms with Crippen LogP contribution in [0.15, 0.2) is 4.52 Å². The first kappa shape index (κ1) is 9.24. The maximum atomic E-state index is 10.7. The van der Waals surface area contributed by atoms with Gasteiger partial charge in [-0.15, -0.1) is 0 Å². The number of carboxylic acid groups (broad SMARTS) is 1. The summed E-state index contributed by atoms with van der Waals surface area (Å²) in [5, 5.41) is 12.7. The van der Waals surface area contributed by atoms with Crippen molar-refractivity contribution in [1.82, 2.24) is 5.16 Å². The summed E-state index contributed by atoms with van der Waals surface area (Å²) in [4.78, 5) is 10.7. The summed E-state index contributed by atoms with van der Waals surface area (Å²) >= 11 is 0. The van der Waals surface area contributed by atoms with E-state index in [1.54, 1.807) is 0 Å². The van der Waals surface area contributed by atoms with Crippen LogP contribution >= 0.6 is 0 Å². The maximum Gasteiger partial charge on any atom is 0.303 e. The highest BCUT2D eigenvalue weighted by atomic mass is 16.5. The highest BCUT2D eigenvalue weighted by Crippen LogP contribution is 2.41. The monoisotopic (exact) mass is 195 g/mol. The highest BCUT2D eigenvalue weighted by Gasteiger charge is 2.36. The third-order valence-corrected chi connectivity index (χ3v) is 2.94. The van der Waals surface area contributed by atoms with E-state index in [0.717, 1.165) is 23.4 Å². The van der Waals surface area contributed by atoms with Crippen LogP contribution in [0.1, 0.15) is 36.3 Å². The number of aliphatic carboxylic acids is 1. The molecular formula is C10H13NO3. The molecule has 0 aliphatic heterocycles. The third-order valence-electron chi connectivity index (χ3n) is 2.94. The lowest BCUT2D eigenvalue weighted by Crippen LogP contribution is -2.10. The molecule has 2 rings (SSSR count). The fourth-order valence-electron chi connectivity index (χ4n) is 2.26.